The summed E-state index contributed by atoms with van der Waals surface area (Å²) in [7, 11) is 0. The van der Waals surface area contributed by atoms with Crippen LogP contribution in [0.2, 0.25) is 0 Å². The third-order valence-corrected chi connectivity index (χ3v) is 3.06. The maximum absolute atomic E-state index is 11.8. The highest BCUT2D eigenvalue weighted by molar-refractivity contribution is 5.75. The number of hydrogen-bond acceptors (Lipinski definition) is 2. The maximum atomic E-state index is 11.8. The van der Waals surface area contributed by atoms with Crippen LogP contribution in [-0.2, 0) is 4.74 Å². The van der Waals surface area contributed by atoms with E-state index in [9.17, 15) is 4.79 Å². The molecule has 0 aromatic rings. The highest BCUT2D eigenvalue weighted by atomic mass is 16.5. The number of nitrogens with zero attached hydrogens (tertiary/aromatic N) is 1. The van der Waals surface area contributed by atoms with Crippen LogP contribution < -0.4 is 5.32 Å². The first-order valence-electron chi connectivity index (χ1n) is 5.42. The molecule has 1 unspecified atom stereocenters. The number of carbonyl (C=O) groups is 1. The molecule has 80 valence electrons. The molecule has 2 amide bonds. The quantitative estimate of drug-likeness (QED) is 0.682. The molecule has 14 heavy (non-hydrogen) atoms. The SMILES string of the molecule is CC1COCCN1C(=O)NC1CCC1. The third-order valence-electron chi connectivity index (χ3n) is 3.06. The largest absolute Gasteiger partial charge is 0.377 e. The van der Waals surface area contributed by atoms with Crippen LogP contribution in [0.3, 0.4) is 0 Å². The van der Waals surface area contributed by atoms with E-state index in [1.807, 2.05) is 11.8 Å². The van der Waals surface area contributed by atoms with E-state index in [1.54, 1.807) is 0 Å². The Bertz CT molecular complexity index is 216. The number of morpholine rings is 1. The van der Waals surface area contributed by atoms with Gasteiger partial charge in [0.15, 0.2) is 0 Å². The molecule has 0 radical (unpaired) electrons. The van der Waals surface area contributed by atoms with Crippen molar-refractivity contribution in [2.45, 2.75) is 38.3 Å². The summed E-state index contributed by atoms with van der Waals surface area (Å²) in [5.74, 6) is 0. The van der Waals surface area contributed by atoms with Crippen molar-refractivity contribution in [3.63, 3.8) is 0 Å². The normalized spacial score (nSPS) is 28.4. The van der Waals surface area contributed by atoms with Crippen molar-refractivity contribution in [1.82, 2.24) is 10.2 Å². The first-order chi connectivity index (χ1) is 6.77. The van der Waals surface area contributed by atoms with Crippen LogP contribution in [0, 0.1) is 0 Å². The number of amides is 2. The van der Waals surface area contributed by atoms with Gasteiger partial charge in [-0.1, -0.05) is 0 Å². The minimum Gasteiger partial charge on any atom is -0.377 e. The van der Waals surface area contributed by atoms with E-state index in [0.717, 1.165) is 19.4 Å². The zero-order valence-electron chi connectivity index (χ0n) is 8.66. The maximum Gasteiger partial charge on any atom is 0.318 e. The van der Waals surface area contributed by atoms with Gasteiger partial charge in [0.2, 0.25) is 0 Å². The molecular weight excluding hydrogens is 180 g/mol. The van der Waals surface area contributed by atoms with Crippen LogP contribution in [0.1, 0.15) is 26.2 Å². The number of carbonyl (C=O) groups excluding carboxylic acids is 1. The molecular formula is C10H18N2O2. The van der Waals surface area contributed by atoms with E-state index in [2.05, 4.69) is 5.32 Å². The lowest BCUT2D eigenvalue weighted by molar-refractivity contribution is 0.0178. The van der Waals surface area contributed by atoms with Gasteiger partial charge in [-0.3, -0.25) is 0 Å². The monoisotopic (exact) mass is 198 g/mol. The van der Waals surface area contributed by atoms with Crippen molar-refractivity contribution in [3.05, 3.63) is 0 Å². The Morgan fingerprint density at radius 2 is 2.29 bits per heavy atom. The number of urea groups is 1. The van der Waals surface area contributed by atoms with Gasteiger partial charge in [-0.2, -0.15) is 0 Å². The van der Waals surface area contributed by atoms with E-state index >= 15 is 0 Å². The summed E-state index contributed by atoms with van der Waals surface area (Å²) in [6.45, 7) is 4.08. The van der Waals surface area contributed by atoms with Crippen molar-refractivity contribution < 1.29 is 9.53 Å². The Hall–Kier alpha value is -0.770. The lowest BCUT2D eigenvalue weighted by atomic mass is 9.93. The average molecular weight is 198 g/mol. The van der Waals surface area contributed by atoms with Crippen molar-refractivity contribution in [1.29, 1.82) is 0 Å². The Kier molecular flexibility index (Phi) is 2.91. The predicted octanol–water partition coefficient (Wildman–Crippen LogP) is 0.969. The first-order valence-corrected chi connectivity index (χ1v) is 5.42. The topological polar surface area (TPSA) is 41.6 Å². The first kappa shape index (κ1) is 9.77. The molecule has 0 aromatic heterocycles. The molecule has 2 aliphatic rings. The van der Waals surface area contributed by atoms with Gasteiger partial charge in [-0.15, -0.1) is 0 Å². The zero-order chi connectivity index (χ0) is 9.97. The summed E-state index contributed by atoms with van der Waals surface area (Å²) < 4.78 is 5.29. The van der Waals surface area contributed by atoms with Gasteiger partial charge in [0.05, 0.1) is 19.3 Å². The van der Waals surface area contributed by atoms with Gasteiger partial charge >= 0.3 is 6.03 Å². The van der Waals surface area contributed by atoms with Crippen LogP contribution in [-0.4, -0.2) is 42.8 Å². The number of rotatable bonds is 1. The Balaban J connectivity index is 1.82. The lowest BCUT2D eigenvalue weighted by Gasteiger charge is -2.36. The van der Waals surface area contributed by atoms with Crippen LogP contribution >= 0.6 is 0 Å². The molecule has 1 saturated heterocycles. The van der Waals surface area contributed by atoms with E-state index in [1.165, 1.54) is 6.42 Å². The second-order valence-corrected chi connectivity index (χ2v) is 4.19. The fraction of sp³-hybridized carbons (Fsp3) is 0.900. The number of ether oxygens (including phenoxy) is 1. The van der Waals surface area contributed by atoms with Gasteiger partial charge < -0.3 is 15.0 Å². The van der Waals surface area contributed by atoms with E-state index < -0.39 is 0 Å². The smallest absolute Gasteiger partial charge is 0.318 e. The Morgan fingerprint density at radius 3 is 2.86 bits per heavy atom. The number of nitrogens with one attached hydrogen (secondary N) is 1. The predicted molar refractivity (Wildman–Crippen MR) is 53.2 cm³/mol. The highest BCUT2D eigenvalue weighted by Crippen LogP contribution is 2.18. The summed E-state index contributed by atoms with van der Waals surface area (Å²) in [5.41, 5.74) is 0. The molecule has 1 saturated carbocycles. The van der Waals surface area contributed by atoms with Crippen LogP contribution in [0.15, 0.2) is 0 Å². The summed E-state index contributed by atoms with van der Waals surface area (Å²) in [6.07, 6.45) is 3.54. The molecule has 2 fully saturated rings. The standard InChI is InChI=1S/C10H18N2O2/c1-8-7-14-6-5-12(8)10(13)11-9-3-2-4-9/h8-9H,2-7H2,1H3,(H,11,13). The van der Waals surface area contributed by atoms with Crippen LogP contribution in [0.5, 0.6) is 0 Å². The Labute approximate surface area is 84.6 Å². The molecule has 1 heterocycles. The second kappa shape index (κ2) is 4.17. The molecule has 1 aliphatic carbocycles. The fourth-order valence-corrected chi connectivity index (χ4v) is 1.84. The van der Waals surface area contributed by atoms with Gasteiger partial charge in [0.1, 0.15) is 0 Å². The summed E-state index contributed by atoms with van der Waals surface area (Å²) >= 11 is 0. The Morgan fingerprint density at radius 1 is 1.50 bits per heavy atom. The lowest BCUT2D eigenvalue weighted by Crippen LogP contribution is -2.54. The molecule has 0 aromatic carbocycles. The molecule has 0 spiro atoms. The van der Waals surface area contributed by atoms with Gasteiger partial charge in [0, 0.05) is 12.6 Å². The zero-order valence-corrected chi connectivity index (χ0v) is 8.66. The number of hydrogen-bond donors (Lipinski definition) is 1. The molecule has 4 nitrogen and oxygen atoms in total. The van der Waals surface area contributed by atoms with Crippen LogP contribution in [0.4, 0.5) is 4.79 Å². The average Bonchev–Trinajstić information content (AvgIpc) is 2.12. The van der Waals surface area contributed by atoms with E-state index in [0.29, 0.717) is 19.3 Å². The fourth-order valence-electron chi connectivity index (χ4n) is 1.84. The highest BCUT2D eigenvalue weighted by Gasteiger charge is 2.27. The molecule has 0 bridgehead atoms. The van der Waals surface area contributed by atoms with Gasteiger partial charge in [0.25, 0.3) is 0 Å². The summed E-state index contributed by atoms with van der Waals surface area (Å²) in [5, 5.41) is 3.05. The van der Waals surface area contributed by atoms with Crippen molar-refractivity contribution in [3.8, 4) is 0 Å². The molecule has 1 aliphatic heterocycles. The van der Waals surface area contributed by atoms with Crippen molar-refractivity contribution >= 4 is 6.03 Å². The van der Waals surface area contributed by atoms with E-state index in [4.69, 9.17) is 4.74 Å². The minimum atomic E-state index is 0.0884. The molecule has 1 atom stereocenters. The third kappa shape index (κ3) is 2.00. The summed E-state index contributed by atoms with van der Waals surface area (Å²) in [4.78, 5) is 13.6. The van der Waals surface area contributed by atoms with Crippen LogP contribution in [0.25, 0.3) is 0 Å². The van der Waals surface area contributed by atoms with Crippen molar-refractivity contribution in [2.75, 3.05) is 19.8 Å². The molecule has 1 N–H and O–H groups in total. The van der Waals surface area contributed by atoms with Gasteiger partial charge in [-0.05, 0) is 26.2 Å². The second-order valence-electron chi connectivity index (χ2n) is 4.19. The van der Waals surface area contributed by atoms with E-state index in [-0.39, 0.29) is 12.1 Å². The minimum absolute atomic E-state index is 0.0884. The van der Waals surface area contributed by atoms with Gasteiger partial charge in [-0.25, -0.2) is 4.79 Å². The molecule has 4 heteroatoms. The van der Waals surface area contributed by atoms with Crippen molar-refractivity contribution in [2.24, 2.45) is 0 Å². The summed E-state index contributed by atoms with van der Waals surface area (Å²) in [6, 6.07) is 0.729. The molecule has 2 rings (SSSR count).